The minimum atomic E-state index is -4.17. The number of nitrogens with zero attached hydrogens (tertiary/aromatic N) is 1. The Morgan fingerprint density at radius 2 is 2.03 bits per heavy atom. The van der Waals surface area contributed by atoms with Gasteiger partial charge in [0.2, 0.25) is 0 Å². The van der Waals surface area contributed by atoms with Gasteiger partial charge in [-0.25, -0.2) is 0 Å². The summed E-state index contributed by atoms with van der Waals surface area (Å²) in [5.74, 6) is -2.76. The summed E-state index contributed by atoms with van der Waals surface area (Å²) in [6.45, 7) is -0.558. The molecule has 2 fully saturated rings. The van der Waals surface area contributed by atoms with E-state index in [1.807, 2.05) is 4.98 Å². The molecule has 13 heteroatoms. The molecule has 3 atom stereocenters. The van der Waals surface area contributed by atoms with Gasteiger partial charge in [0.1, 0.15) is 0 Å². The Morgan fingerprint density at radius 3 is 2.79 bits per heavy atom. The molecular weight excluding hydrogens is 420 g/mol. The third-order valence-corrected chi connectivity index (χ3v) is 6.21. The molecule has 2 aliphatic heterocycles. The average molecular weight is 436 g/mol. The fourth-order valence-electron chi connectivity index (χ4n) is 3.12. The summed E-state index contributed by atoms with van der Waals surface area (Å²) in [6, 6.07) is 2.89. The predicted octanol–water partition coefficient (Wildman–Crippen LogP) is 1.28. The van der Waals surface area contributed by atoms with Crippen LogP contribution in [0.25, 0.3) is 0 Å². The quantitative estimate of drug-likeness (QED) is 0.695. The number of aromatic amines is 1. The van der Waals surface area contributed by atoms with E-state index >= 15 is 0 Å². The topological polar surface area (TPSA) is 112 Å². The second-order valence-corrected chi connectivity index (χ2v) is 8.38. The average Bonchev–Trinajstić information content (AvgIpc) is 3.06. The van der Waals surface area contributed by atoms with E-state index in [9.17, 15) is 27.7 Å². The van der Waals surface area contributed by atoms with Crippen LogP contribution in [0.3, 0.4) is 0 Å². The molecule has 0 radical (unpaired) electrons. The van der Waals surface area contributed by atoms with Crippen molar-refractivity contribution >= 4 is 8.17 Å². The third-order valence-electron chi connectivity index (χ3n) is 4.57. The molecule has 0 unspecified atom stereocenters. The van der Waals surface area contributed by atoms with Crippen molar-refractivity contribution in [3.05, 3.63) is 68.2 Å². The van der Waals surface area contributed by atoms with E-state index in [4.69, 9.17) is 18.3 Å². The van der Waals surface area contributed by atoms with Crippen molar-refractivity contribution in [2.24, 2.45) is 0 Å². The summed E-state index contributed by atoms with van der Waals surface area (Å²) in [4.78, 5) is 35.3. The molecule has 2 aromatic rings. The van der Waals surface area contributed by atoms with Crippen LogP contribution in [0, 0.1) is 17.5 Å². The third kappa shape index (κ3) is 4.13. The molecular formula is C16H16F3N2O7P. The Labute approximate surface area is 161 Å². The number of rotatable bonds is 4. The van der Waals surface area contributed by atoms with Gasteiger partial charge in [-0.1, -0.05) is 0 Å². The Balaban J connectivity index is 1.44. The molecule has 1 aromatic carbocycles. The van der Waals surface area contributed by atoms with Crippen LogP contribution in [-0.2, 0) is 24.9 Å². The van der Waals surface area contributed by atoms with Gasteiger partial charge in [-0.05, 0) is 0 Å². The van der Waals surface area contributed by atoms with Crippen LogP contribution < -0.4 is 11.2 Å². The van der Waals surface area contributed by atoms with Gasteiger partial charge in [0.15, 0.2) is 0 Å². The second-order valence-electron chi connectivity index (χ2n) is 6.52. The maximum atomic E-state index is 13.7. The number of benzene rings is 1. The van der Waals surface area contributed by atoms with E-state index in [0.29, 0.717) is 6.07 Å². The van der Waals surface area contributed by atoms with Crippen molar-refractivity contribution in [3.8, 4) is 0 Å². The number of H-pyrrole nitrogens is 1. The molecule has 2 N–H and O–H groups in total. The van der Waals surface area contributed by atoms with E-state index in [1.54, 1.807) is 0 Å². The van der Waals surface area contributed by atoms with Gasteiger partial charge in [0, 0.05) is 0 Å². The number of hydrogen-bond donors (Lipinski definition) is 2. The van der Waals surface area contributed by atoms with E-state index in [1.165, 1.54) is 6.07 Å². The van der Waals surface area contributed by atoms with E-state index in [-0.39, 0.29) is 18.6 Å². The summed E-state index contributed by atoms with van der Waals surface area (Å²) >= 11 is 0. The van der Waals surface area contributed by atoms with Crippen LogP contribution in [-0.4, -0.2) is 33.3 Å². The van der Waals surface area contributed by atoms with Crippen LogP contribution in [0.5, 0.6) is 0 Å². The molecule has 0 bridgehead atoms. The Bertz CT molecular complexity index is 1050. The van der Waals surface area contributed by atoms with Crippen molar-refractivity contribution in [2.75, 3.05) is 6.61 Å². The number of ether oxygens (including phenoxy) is 1. The van der Waals surface area contributed by atoms with Gasteiger partial charge >= 0.3 is 160 Å². The number of halogens is 3. The normalized spacial score (nSPS) is 26.8. The number of fused-ring (bicyclic) bond motifs is 1. The van der Waals surface area contributed by atoms with Gasteiger partial charge < -0.3 is 0 Å². The van der Waals surface area contributed by atoms with Gasteiger partial charge in [-0.3, -0.25) is 0 Å². The van der Waals surface area contributed by atoms with Gasteiger partial charge in [0.25, 0.3) is 0 Å². The Morgan fingerprint density at radius 1 is 1.24 bits per heavy atom. The Hall–Kier alpha value is -2.08. The van der Waals surface area contributed by atoms with Crippen LogP contribution >= 0.6 is 8.17 Å². The minimum absolute atomic E-state index is 0.00235. The second kappa shape index (κ2) is 7.63. The first-order valence-electron chi connectivity index (χ1n) is 8.52. The van der Waals surface area contributed by atoms with Crippen LogP contribution in [0.15, 0.2) is 34.0 Å². The summed E-state index contributed by atoms with van der Waals surface area (Å²) < 4.78 is 62.6. The maximum absolute atomic E-state index is 13.7. The SMILES string of the molecule is O=c1[nH]c(=O)n([C@H]2C[C@@H]3O[PH](O)(OCc4ccc(F)cc4F)OC[C@H]3O2)cc1F. The molecule has 3 heterocycles. The molecule has 158 valence electrons. The molecule has 4 rings (SSSR count). The first-order valence-corrected chi connectivity index (χ1v) is 10.2. The first-order chi connectivity index (χ1) is 13.7. The standard InChI is InChI=1S/C16H16F3N2O7P/c17-9-2-1-8(10(18)3-9)6-25-29(24)26-7-13-12(28-29)4-14(27-13)21-5-11(19)15(22)20-16(21)23/h1-3,5,12-14,24,29H,4,6-7H2,(H,20,22,23)/t12-,13+,14+/m0/s1. The zero-order valence-electron chi connectivity index (χ0n) is 14.6. The van der Waals surface area contributed by atoms with E-state index < -0.39 is 61.9 Å². The molecule has 0 saturated carbocycles. The molecule has 9 nitrogen and oxygen atoms in total. The van der Waals surface area contributed by atoms with Crippen molar-refractivity contribution in [3.63, 3.8) is 0 Å². The van der Waals surface area contributed by atoms with Crippen molar-refractivity contribution in [2.45, 2.75) is 31.5 Å². The Kier molecular flexibility index (Phi) is 5.32. The van der Waals surface area contributed by atoms with Gasteiger partial charge in [-0.15, -0.1) is 0 Å². The van der Waals surface area contributed by atoms with Crippen LogP contribution in [0.4, 0.5) is 13.2 Å². The number of aromatic nitrogens is 2. The molecule has 0 spiro atoms. The zero-order valence-corrected chi connectivity index (χ0v) is 15.6. The molecule has 1 aromatic heterocycles. The van der Waals surface area contributed by atoms with Crippen LogP contribution in [0.1, 0.15) is 18.2 Å². The van der Waals surface area contributed by atoms with Crippen molar-refractivity contribution in [1.29, 1.82) is 0 Å². The van der Waals surface area contributed by atoms with E-state index in [2.05, 4.69) is 0 Å². The fourth-order valence-corrected chi connectivity index (χ4v) is 4.68. The van der Waals surface area contributed by atoms with Gasteiger partial charge in [0.05, 0.1) is 0 Å². The predicted molar refractivity (Wildman–Crippen MR) is 92.3 cm³/mol. The molecule has 2 saturated heterocycles. The van der Waals surface area contributed by atoms with Crippen molar-refractivity contribution < 1.29 is 36.4 Å². The summed E-state index contributed by atoms with van der Waals surface area (Å²) in [5, 5.41) is 0. The van der Waals surface area contributed by atoms with Crippen molar-refractivity contribution in [1.82, 2.24) is 9.55 Å². The van der Waals surface area contributed by atoms with E-state index in [0.717, 1.165) is 16.8 Å². The molecule has 2 aliphatic rings. The molecule has 0 aliphatic carbocycles. The van der Waals surface area contributed by atoms with Crippen LogP contribution in [0.2, 0.25) is 0 Å². The fraction of sp³-hybridized carbons (Fsp3) is 0.375. The molecule has 29 heavy (non-hydrogen) atoms. The number of nitrogens with one attached hydrogen (secondary N) is 1. The molecule has 0 amide bonds. The summed E-state index contributed by atoms with van der Waals surface area (Å²) in [5.41, 5.74) is -2.02. The summed E-state index contributed by atoms with van der Waals surface area (Å²) in [6.07, 6.45) is -1.62. The monoisotopic (exact) mass is 436 g/mol. The van der Waals surface area contributed by atoms with Gasteiger partial charge in [-0.2, -0.15) is 0 Å². The summed E-state index contributed by atoms with van der Waals surface area (Å²) in [7, 11) is -4.17. The first kappa shape index (κ1) is 20.2. The number of hydrogen-bond acceptors (Lipinski definition) is 7. The zero-order chi connectivity index (χ0) is 20.8.